The minimum absolute atomic E-state index is 0.00500. The number of halogens is 1. The van der Waals surface area contributed by atoms with Crippen LogP contribution in [0.25, 0.3) is 0 Å². The van der Waals surface area contributed by atoms with Crippen LogP contribution in [-0.2, 0) is 26.2 Å². The van der Waals surface area contributed by atoms with E-state index in [-0.39, 0.29) is 17.3 Å². The number of benzene rings is 3. The van der Waals surface area contributed by atoms with Gasteiger partial charge in [-0.25, -0.2) is 12.8 Å². The van der Waals surface area contributed by atoms with Crippen molar-refractivity contribution in [3.05, 3.63) is 94.8 Å². The summed E-state index contributed by atoms with van der Waals surface area (Å²) in [7, 11) is -4.14. The largest absolute Gasteiger partial charge is 0.354 e. The van der Waals surface area contributed by atoms with E-state index in [0.717, 1.165) is 21.9 Å². The molecule has 9 heteroatoms. The fourth-order valence-corrected chi connectivity index (χ4v) is 5.57. The van der Waals surface area contributed by atoms with E-state index in [0.29, 0.717) is 23.4 Å². The second-order valence-electron chi connectivity index (χ2n) is 9.73. The van der Waals surface area contributed by atoms with Gasteiger partial charge in [0.2, 0.25) is 11.8 Å². The van der Waals surface area contributed by atoms with Gasteiger partial charge < -0.3 is 10.2 Å². The maximum Gasteiger partial charge on any atom is 0.264 e. The molecule has 3 rings (SSSR count). The number of hydrogen-bond donors (Lipinski definition) is 1. The summed E-state index contributed by atoms with van der Waals surface area (Å²) in [6, 6.07) is 16.6. The van der Waals surface area contributed by atoms with Gasteiger partial charge in [0.1, 0.15) is 18.4 Å². The second-order valence-corrected chi connectivity index (χ2v) is 11.6. The van der Waals surface area contributed by atoms with Gasteiger partial charge in [-0.05, 0) is 81.1 Å². The lowest BCUT2D eigenvalue weighted by Gasteiger charge is -2.32. The lowest BCUT2D eigenvalue weighted by Crippen LogP contribution is -2.51. The number of amides is 2. The second kappa shape index (κ2) is 12.9. The van der Waals surface area contributed by atoms with Gasteiger partial charge in [0, 0.05) is 13.1 Å². The average molecular weight is 554 g/mol. The molecular formula is C30H36FN3O4S. The highest BCUT2D eigenvalue weighted by molar-refractivity contribution is 7.92. The molecule has 3 aromatic rings. The van der Waals surface area contributed by atoms with Gasteiger partial charge in [0.15, 0.2) is 0 Å². The van der Waals surface area contributed by atoms with E-state index < -0.39 is 34.3 Å². The molecule has 1 N–H and O–H groups in total. The quantitative estimate of drug-likeness (QED) is 0.366. The Morgan fingerprint density at radius 2 is 1.54 bits per heavy atom. The molecule has 3 aromatic carbocycles. The van der Waals surface area contributed by atoms with Gasteiger partial charge in [-0.1, -0.05) is 48.9 Å². The fraction of sp³-hybridized carbons (Fsp3) is 0.333. The van der Waals surface area contributed by atoms with Crippen molar-refractivity contribution in [2.24, 2.45) is 0 Å². The van der Waals surface area contributed by atoms with Crippen LogP contribution in [-0.4, -0.2) is 44.3 Å². The highest BCUT2D eigenvalue weighted by atomic mass is 32.2. The highest BCUT2D eigenvalue weighted by Gasteiger charge is 2.33. The molecular weight excluding hydrogens is 517 g/mol. The standard InChI is InChI=1S/C30H36FN3O4S/c1-6-17-32-30(36)24(5)33(19-25-11-13-26(31)14-12-25)29(35)20-34(28-18-22(3)7-10-23(28)4)39(37,38)27-15-8-21(2)9-16-27/h7-16,18,24H,6,17,19-20H2,1-5H3,(H,32,36)/t24-/m1/s1. The molecule has 208 valence electrons. The minimum Gasteiger partial charge on any atom is -0.354 e. The first kappa shape index (κ1) is 29.8. The smallest absolute Gasteiger partial charge is 0.264 e. The van der Waals surface area contributed by atoms with Crippen molar-refractivity contribution in [2.45, 2.75) is 58.5 Å². The summed E-state index contributed by atoms with van der Waals surface area (Å²) in [5.41, 5.74) is 3.42. The van der Waals surface area contributed by atoms with E-state index in [1.165, 1.54) is 41.3 Å². The first-order valence-corrected chi connectivity index (χ1v) is 14.4. The number of anilines is 1. The van der Waals surface area contributed by atoms with Crippen molar-refractivity contribution in [3.8, 4) is 0 Å². The molecule has 0 aliphatic rings. The monoisotopic (exact) mass is 553 g/mol. The summed E-state index contributed by atoms with van der Waals surface area (Å²) in [6.45, 7) is 8.95. The normalized spacial score (nSPS) is 12.1. The van der Waals surface area contributed by atoms with Crippen molar-refractivity contribution in [1.29, 1.82) is 0 Å². The molecule has 39 heavy (non-hydrogen) atoms. The van der Waals surface area contributed by atoms with Crippen LogP contribution in [0.5, 0.6) is 0 Å². The Morgan fingerprint density at radius 1 is 0.923 bits per heavy atom. The number of carbonyl (C=O) groups excluding carboxylic acids is 2. The molecule has 0 heterocycles. The van der Waals surface area contributed by atoms with Crippen LogP contribution in [0.1, 0.15) is 42.5 Å². The molecule has 0 unspecified atom stereocenters. The fourth-order valence-electron chi connectivity index (χ4n) is 4.10. The van der Waals surface area contributed by atoms with Gasteiger partial charge in [0.25, 0.3) is 10.0 Å². The summed E-state index contributed by atoms with van der Waals surface area (Å²) in [5, 5.41) is 2.80. The molecule has 0 spiro atoms. The van der Waals surface area contributed by atoms with E-state index in [4.69, 9.17) is 0 Å². The summed E-state index contributed by atoms with van der Waals surface area (Å²) in [4.78, 5) is 28.2. The summed E-state index contributed by atoms with van der Waals surface area (Å²) in [5.74, 6) is -1.34. The number of carbonyl (C=O) groups is 2. The van der Waals surface area contributed by atoms with Crippen molar-refractivity contribution < 1.29 is 22.4 Å². The molecule has 0 aromatic heterocycles. The van der Waals surface area contributed by atoms with Crippen LogP contribution in [0.3, 0.4) is 0 Å². The van der Waals surface area contributed by atoms with Crippen molar-refractivity contribution in [1.82, 2.24) is 10.2 Å². The van der Waals surface area contributed by atoms with E-state index in [9.17, 15) is 22.4 Å². The van der Waals surface area contributed by atoms with E-state index in [1.54, 1.807) is 32.0 Å². The van der Waals surface area contributed by atoms with Gasteiger partial charge in [-0.15, -0.1) is 0 Å². The number of aryl methyl sites for hydroxylation is 3. The topological polar surface area (TPSA) is 86.8 Å². The predicted molar refractivity (Wildman–Crippen MR) is 151 cm³/mol. The Hall–Kier alpha value is -3.72. The van der Waals surface area contributed by atoms with Gasteiger partial charge >= 0.3 is 0 Å². The number of hydrogen-bond acceptors (Lipinski definition) is 4. The highest BCUT2D eigenvalue weighted by Crippen LogP contribution is 2.28. The molecule has 0 fully saturated rings. The third-order valence-electron chi connectivity index (χ3n) is 6.50. The van der Waals surface area contributed by atoms with Crippen LogP contribution in [0, 0.1) is 26.6 Å². The number of nitrogens with one attached hydrogen (secondary N) is 1. The molecule has 0 radical (unpaired) electrons. The van der Waals surface area contributed by atoms with Crippen LogP contribution < -0.4 is 9.62 Å². The zero-order valence-electron chi connectivity index (χ0n) is 23.1. The molecule has 2 amide bonds. The summed E-state index contributed by atoms with van der Waals surface area (Å²) >= 11 is 0. The predicted octanol–water partition coefficient (Wildman–Crippen LogP) is 4.89. The Labute approximate surface area is 230 Å². The van der Waals surface area contributed by atoms with Gasteiger partial charge in [-0.2, -0.15) is 0 Å². The molecule has 0 saturated carbocycles. The van der Waals surface area contributed by atoms with Crippen LogP contribution in [0.15, 0.2) is 71.6 Å². The summed E-state index contributed by atoms with van der Waals surface area (Å²) in [6.07, 6.45) is 0.722. The first-order valence-electron chi connectivity index (χ1n) is 12.9. The third-order valence-corrected chi connectivity index (χ3v) is 8.28. The SMILES string of the molecule is CCCNC(=O)[C@@H](C)N(Cc1ccc(F)cc1)C(=O)CN(c1cc(C)ccc1C)S(=O)(=O)c1ccc(C)cc1. The zero-order valence-corrected chi connectivity index (χ0v) is 23.9. The Balaban J connectivity index is 2.05. The Morgan fingerprint density at radius 3 is 2.15 bits per heavy atom. The van der Waals surface area contributed by atoms with Gasteiger partial charge in [-0.3, -0.25) is 13.9 Å². The zero-order chi connectivity index (χ0) is 28.7. The first-order chi connectivity index (χ1) is 18.4. The van der Waals surface area contributed by atoms with E-state index in [1.807, 2.05) is 32.9 Å². The molecule has 7 nitrogen and oxygen atoms in total. The molecule has 1 atom stereocenters. The molecule has 0 bridgehead atoms. The van der Waals surface area contributed by atoms with Crippen LogP contribution in [0.4, 0.5) is 10.1 Å². The maximum absolute atomic E-state index is 13.9. The van der Waals surface area contributed by atoms with Crippen LogP contribution in [0.2, 0.25) is 0 Å². The number of nitrogens with zero attached hydrogens (tertiary/aromatic N) is 2. The minimum atomic E-state index is -4.14. The van der Waals surface area contributed by atoms with Crippen molar-refractivity contribution >= 4 is 27.5 Å². The van der Waals surface area contributed by atoms with Crippen molar-refractivity contribution in [3.63, 3.8) is 0 Å². The molecule has 0 aliphatic carbocycles. The maximum atomic E-state index is 13.9. The van der Waals surface area contributed by atoms with Crippen LogP contribution >= 0.6 is 0 Å². The van der Waals surface area contributed by atoms with E-state index in [2.05, 4.69) is 5.32 Å². The number of sulfonamides is 1. The Bertz CT molecular complexity index is 1410. The number of rotatable bonds is 11. The van der Waals surface area contributed by atoms with Crippen molar-refractivity contribution in [2.75, 3.05) is 17.4 Å². The van der Waals surface area contributed by atoms with Gasteiger partial charge in [0.05, 0.1) is 10.6 Å². The molecule has 0 aliphatic heterocycles. The molecule has 0 saturated heterocycles. The summed E-state index contributed by atoms with van der Waals surface area (Å²) < 4.78 is 42.5. The Kier molecular flexibility index (Phi) is 9.86. The lowest BCUT2D eigenvalue weighted by atomic mass is 10.1. The average Bonchev–Trinajstić information content (AvgIpc) is 2.91. The lowest BCUT2D eigenvalue weighted by molar-refractivity contribution is -0.139. The van der Waals surface area contributed by atoms with E-state index >= 15 is 0 Å². The third kappa shape index (κ3) is 7.44.